The fraction of sp³-hybridized carbons (Fsp3) is 0.375. The summed E-state index contributed by atoms with van der Waals surface area (Å²) in [6.45, 7) is 2.58. The average molecular weight is 371 g/mol. The van der Waals surface area contributed by atoms with Crippen molar-refractivity contribution >= 4 is 24.2 Å². The van der Waals surface area contributed by atoms with Gasteiger partial charge in [-0.3, -0.25) is 0 Å². The first-order valence-electron chi connectivity index (χ1n) is 7.43. The highest BCUT2D eigenvalue weighted by molar-refractivity contribution is 5.85. The van der Waals surface area contributed by atoms with Crippen LogP contribution in [0.3, 0.4) is 0 Å². The summed E-state index contributed by atoms with van der Waals surface area (Å²) < 4.78 is 21.9. The van der Waals surface area contributed by atoms with Crippen LogP contribution in [0.15, 0.2) is 18.2 Å². The number of nitrogen functional groups attached to an aromatic ring is 2. The van der Waals surface area contributed by atoms with Gasteiger partial charge in [0.25, 0.3) is 0 Å². The number of benzene rings is 1. The third kappa shape index (κ3) is 5.18. The van der Waals surface area contributed by atoms with E-state index < -0.39 is 0 Å². The highest BCUT2D eigenvalue weighted by atomic mass is 35.5. The van der Waals surface area contributed by atoms with Crippen LogP contribution in [0.5, 0.6) is 23.0 Å². The molecule has 1 heterocycles. The van der Waals surface area contributed by atoms with Crippen LogP contribution in [0, 0.1) is 6.92 Å². The van der Waals surface area contributed by atoms with Gasteiger partial charge >= 0.3 is 0 Å². The molecule has 0 unspecified atom stereocenters. The van der Waals surface area contributed by atoms with Crippen molar-refractivity contribution in [1.82, 2.24) is 9.97 Å². The topological polar surface area (TPSA) is 115 Å². The second-order valence-corrected chi connectivity index (χ2v) is 4.92. The molecule has 8 nitrogen and oxygen atoms in total. The van der Waals surface area contributed by atoms with E-state index in [4.69, 9.17) is 30.4 Å². The summed E-state index contributed by atoms with van der Waals surface area (Å²) in [5.74, 6) is 2.59. The number of anilines is 2. The largest absolute Gasteiger partial charge is 0.493 e. The zero-order chi connectivity index (χ0) is 17.5. The summed E-state index contributed by atoms with van der Waals surface area (Å²) in [7, 11) is 3.16. The molecule has 0 saturated heterocycles. The van der Waals surface area contributed by atoms with E-state index in [1.807, 2.05) is 18.2 Å². The zero-order valence-corrected chi connectivity index (χ0v) is 15.3. The van der Waals surface area contributed by atoms with Gasteiger partial charge in [0.2, 0.25) is 11.7 Å². The molecule has 1 aromatic carbocycles. The molecule has 0 spiro atoms. The molecule has 0 radical (unpaired) electrons. The van der Waals surface area contributed by atoms with Crippen molar-refractivity contribution in [2.45, 2.75) is 13.3 Å². The van der Waals surface area contributed by atoms with Gasteiger partial charge in [-0.25, -0.2) is 4.98 Å². The summed E-state index contributed by atoms with van der Waals surface area (Å²) in [5, 5.41) is 0. The van der Waals surface area contributed by atoms with Crippen LogP contribution in [0.25, 0.3) is 0 Å². The first-order chi connectivity index (χ1) is 11.6. The molecule has 0 aliphatic heterocycles. The van der Waals surface area contributed by atoms with Gasteiger partial charge in [0, 0.05) is 6.42 Å². The van der Waals surface area contributed by atoms with E-state index >= 15 is 0 Å². The van der Waals surface area contributed by atoms with E-state index in [0.29, 0.717) is 48.3 Å². The van der Waals surface area contributed by atoms with Crippen LogP contribution >= 0.6 is 12.4 Å². The number of aryl methyl sites for hydroxylation is 1. The third-order valence-electron chi connectivity index (χ3n) is 3.24. The summed E-state index contributed by atoms with van der Waals surface area (Å²) >= 11 is 0. The molecule has 138 valence electrons. The molecule has 0 saturated carbocycles. The van der Waals surface area contributed by atoms with Crippen molar-refractivity contribution in [3.05, 3.63) is 23.9 Å². The molecule has 25 heavy (non-hydrogen) atoms. The van der Waals surface area contributed by atoms with E-state index in [1.165, 1.54) is 0 Å². The Balaban J connectivity index is 0.00000312. The summed E-state index contributed by atoms with van der Waals surface area (Å²) in [4.78, 5) is 7.90. The molecule has 0 atom stereocenters. The SMILES string of the molecule is COc1cccc(OC)c1OCCCOc1c(C)nc(N)nc1N.Cl. The quantitative estimate of drug-likeness (QED) is 0.680. The number of hydrogen-bond acceptors (Lipinski definition) is 8. The Bertz CT molecular complexity index is 655. The van der Waals surface area contributed by atoms with Crippen LogP contribution in [0.4, 0.5) is 11.8 Å². The van der Waals surface area contributed by atoms with E-state index in [0.717, 1.165) is 0 Å². The number of rotatable bonds is 8. The Kier molecular flexibility index (Phi) is 7.87. The predicted molar refractivity (Wildman–Crippen MR) is 98.0 cm³/mol. The molecular weight excluding hydrogens is 348 g/mol. The molecule has 2 rings (SSSR count). The standard InChI is InChI=1S/C16H22N4O4.ClH/c1-10-13(15(17)20-16(18)19-10)23-8-5-9-24-14-11(21-2)6-4-7-12(14)22-3;/h4,6-7H,5,8-9H2,1-3H3,(H4,17,18,19,20);1H. The number of hydrogen-bond donors (Lipinski definition) is 2. The Morgan fingerprint density at radius 1 is 0.920 bits per heavy atom. The molecule has 0 amide bonds. The van der Waals surface area contributed by atoms with Gasteiger partial charge in [-0.05, 0) is 19.1 Å². The highest BCUT2D eigenvalue weighted by Crippen LogP contribution is 2.36. The van der Waals surface area contributed by atoms with Crippen LogP contribution in [0.1, 0.15) is 12.1 Å². The maximum Gasteiger partial charge on any atom is 0.222 e. The fourth-order valence-electron chi connectivity index (χ4n) is 2.15. The molecule has 1 aromatic heterocycles. The average Bonchev–Trinajstić information content (AvgIpc) is 2.56. The highest BCUT2D eigenvalue weighted by Gasteiger charge is 2.12. The number of halogens is 1. The molecule has 0 fully saturated rings. The Morgan fingerprint density at radius 3 is 2.00 bits per heavy atom. The van der Waals surface area contributed by atoms with Gasteiger partial charge in [-0.15, -0.1) is 12.4 Å². The van der Waals surface area contributed by atoms with E-state index in [9.17, 15) is 0 Å². The van der Waals surface area contributed by atoms with Crippen molar-refractivity contribution in [2.24, 2.45) is 0 Å². The predicted octanol–water partition coefficient (Wildman–Crippen LogP) is 2.24. The second-order valence-electron chi connectivity index (χ2n) is 4.92. The lowest BCUT2D eigenvalue weighted by molar-refractivity contribution is 0.232. The van der Waals surface area contributed by atoms with Crippen molar-refractivity contribution in [2.75, 3.05) is 38.9 Å². The smallest absolute Gasteiger partial charge is 0.222 e. The zero-order valence-electron chi connectivity index (χ0n) is 14.4. The minimum atomic E-state index is 0. The normalized spacial score (nSPS) is 9.88. The number of ether oxygens (including phenoxy) is 4. The van der Waals surface area contributed by atoms with Gasteiger partial charge in [-0.2, -0.15) is 4.98 Å². The lowest BCUT2D eigenvalue weighted by Gasteiger charge is -2.14. The Labute approximate surface area is 152 Å². The molecule has 2 aromatic rings. The molecule has 0 aliphatic rings. The maximum absolute atomic E-state index is 5.78. The van der Waals surface area contributed by atoms with Crippen LogP contribution in [-0.4, -0.2) is 37.4 Å². The van der Waals surface area contributed by atoms with Crippen LogP contribution in [-0.2, 0) is 0 Å². The first-order valence-corrected chi connectivity index (χ1v) is 7.43. The third-order valence-corrected chi connectivity index (χ3v) is 3.24. The Morgan fingerprint density at radius 2 is 1.48 bits per heavy atom. The number of para-hydroxylation sites is 1. The first kappa shape index (κ1) is 20.4. The van der Waals surface area contributed by atoms with Gasteiger partial charge < -0.3 is 30.4 Å². The number of aromatic nitrogens is 2. The van der Waals surface area contributed by atoms with Crippen LogP contribution < -0.4 is 30.4 Å². The molecule has 0 aliphatic carbocycles. The maximum atomic E-state index is 5.78. The van der Waals surface area contributed by atoms with Crippen molar-refractivity contribution < 1.29 is 18.9 Å². The van der Waals surface area contributed by atoms with Crippen molar-refractivity contribution in [1.29, 1.82) is 0 Å². The fourth-order valence-corrected chi connectivity index (χ4v) is 2.15. The van der Waals surface area contributed by atoms with Crippen LogP contribution in [0.2, 0.25) is 0 Å². The van der Waals surface area contributed by atoms with Crippen molar-refractivity contribution in [3.63, 3.8) is 0 Å². The molecule has 9 heteroatoms. The lowest BCUT2D eigenvalue weighted by Crippen LogP contribution is -2.10. The minimum absolute atomic E-state index is 0. The number of nitrogens with two attached hydrogens (primary N) is 2. The molecule has 4 N–H and O–H groups in total. The number of nitrogens with zero attached hydrogens (tertiary/aromatic N) is 2. The second kappa shape index (κ2) is 9.63. The minimum Gasteiger partial charge on any atom is -0.493 e. The van der Waals surface area contributed by atoms with Gasteiger partial charge in [0.1, 0.15) is 0 Å². The summed E-state index contributed by atoms with van der Waals surface area (Å²) in [5.41, 5.74) is 11.9. The summed E-state index contributed by atoms with van der Waals surface area (Å²) in [6, 6.07) is 5.45. The van der Waals surface area contributed by atoms with E-state index in [-0.39, 0.29) is 24.2 Å². The lowest BCUT2D eigenvalue weighted by atomic mass is 10.3. The molecular formula is C16H23ClN4O4. The van der Waals surface area contributed by atoms with Gasteiger partial charge in [0.15, 0.2) is 23.1 Å². The monoisotopic (exact) mass is 370 g/mol. The van der Waals surface area contributed by atoms with Gasteiger partial charge in [-0.1, -0.05) is 6.07 Å². The Hall–Kier alpha value is -2.61. The number of methoxy groups -OCH3 is 2. The van der Waals surface area contributed by atoms with E-state index in [2.05, 4.69) is 9.97 Å². The van der Waals surface area contributed by atoms with E-state index in [1.54, 1.807) is 21.1 Å². The van der Waals surface area contributed by atoms with Crippen molar-refractivity contribution in [3.8, 4) is 23.0 Å². The van der Waals surface area contributed by atoms with Gasteiger partial charge in [0.05, 0.1) is 33.1 Å². The summed E-state index contributed by atoms with van der Waals surface area (Å²) in [6.07, 6.45) is 0.629. The molecule has 0 bridgehead atoms.